The van der Waals surface area contributed by atoms with Gasteiger partial charge in [0.1, 0.15) is 0 Å². The van der Waals surface area contributed by atoms with E-state index in [4.69, 9.17) is 0 Å². The fraction of sp³-hybridized carbons (Fsp3) is 0.824. The van der Waals surface area contributed by atoms with Crippen LogP contribution in [0.5, 0.6) is 0 Å². The van der Waals surface area contributed by atoms with E-state index in [1.165, 1.54) is 51.5 Å². The van der Waals surface area contributed by atoms with Crippen molar-refractivity contribution in [2.45, 2.75) is 83.7 Å². The first-order chi connectivity index (χ1) is 8.68. The van der Waals surface area contributed by atoms with Crippen LogP contribution >= 0.6 is 0 Å². The summed E-state index contributed by atoms with van der Waals surface area (Å²) in [5, 5.41) is 0. The highest BCUT2D eigenvalue weighted by molar-refractivity contribution is 5.01. The van der Waals surface area contributed by atoms with E-state index in [1.807, 2.05) is 0 Å². The summed E-state index contributed by atoms with van der Waals surface area (Å²) < 4.78 is 0. The summed E-state index contributed by atoms with van der Waals surface area (Å²) in [5.41, 5.74) is 3.36. The Morgan fingerprint density at radius 1 is 1.33 bits per heavy atom. The van der Waals surface area contributed by atoms with Gasteiger partial charge in [0.2, 0.25) is 0 Å². The first kappa shape index (κ1) is 15.5. The maximum atomic E-state index is 3.61. The van der Waals surface area contributed by atoms with Gasteiger partial charge >= 0.3 is 0 Å². The zero-order chi connectivity index (χ0) is 13.4. The molecule has 0 aliphatic carbocycles. The summed E-state index contributed by atoms with van der Waals surface area (Å²) in [6, 6.07) is 0.856. The number of rotatable bonds is 9. The Morgan fingerprint density at radius 3 is 2.72 bits per heavy atom. The van der Waals surface area contributed by atoms with Gasteiger partial charge in [0.15, 0.2) is 0 Å². The molecule has 0 saturated carbocycles. The lowest BCUT2D eigenvalue weighted by Crippen LogP contribution is -2.64. The van der Waals surface area contributed by atoms with Crippen molar-refractivity contribution in [3.63, 3.8) is 0 Å². The highest BCUT2D eigenvalue weighted by Gasteiger charge is 2.45. The first-order valence-corrected chi connectivity index (χ1v) is 7.79. The minimum absolute atomic E-state index is 0.501. The number of hydrogen-bond donors (Lipinski definition) is 0. The molecule has 18 heavy (non-hydrogen) atoms. The van der Waals surface area contributed by atoms with Crippen LogP contribution in [-0.4, -0.2) is 23.0 Å². The van der Waals surface area contributed by atoms with E-state index in [1.54, 1.807) is 0 Å². The van der Waals surface area contributed by atoms with E-state index in [2.05, 4.69) is 44.1 Å². The Morgan fingerprint density at radius 2 is 2.11 bits per heavy atom. The van der Waals surface area contributed by atoms with Crippen LogP contribution in [0.4, 0.5) is 0 Å². The van der Waals surface area contributed by atoms with E-state index in [9.17, 15) is 0 Å². The third kappa shape index (κ3) is 4.00. The molecule has 0 aromatic carbocycles. The van der Waals surface area contributed by atoms with Crippen molar-refractivity contribution in [1.82, 2.24) is 4.90 Å². The number of likely N-dealkylation sites (tertiary alicyclic amines) is 1. The van der Waals surface area contributed by atoms with Crippen molar-refractivity contribution in [2.75, 3.05) is 6.54 Å². The van der Waals surface area contributed by atoms with Crippen molar-refractivity contribution >= 4 is 0 Å². The third-order valence-corrected chi connectivity index (χ3v) is 4.60. The van der Waals surface area contributed by atoms with Crippen molar-refractivity contribution < 1.29 is 0 Å². The van der Waals surface area contributed by atoms with Crippen molar-refractivity contribution in [2.24, 2.45) is 0 Å². The molecule has 0 spiro atoms. The molecule has 2 unspecified atom stereocenters. The van der Waals surface area contributed by atoms with E-state index in [0.717, 1.165) is 12.5 Å². The monoisotopic (exact) mass is 249 g/mol. The topological polar surface area (TPSA) is 3.24 Å². The van der Waals surface area contributed by atoms with Crippen molar-refractivity contribution in [3.8, 4) is 0 Å². The molecule has 0 radical (unpaired) electrons. The minimum atomic E-state index is 0.501. The van der Waals surface area contributed by atoms with Crippen LogP contribution in [0.15, 0.2) is 18.4 Å². The van der Waals surface area contributed by atoms with Crippen LogP contribution in [0.1, 0.15) is 72.1 Å². The lowest BCUT2D eigenvalue weighted by molar-refractivity contribution is -0.0692. The van der Waals surface area contributed by atoms with Gasteiger partial charge in [0, 0.05) is 11.6 Å². The van der Waals surface area contributed by atoms with Gasteiger partial charge in [-0.05, 0) is 58.1 Å². The summed E-state index contributed by atoms with van der Waals surface area (Å²) in [4.78, 5) is 2.78. The Hall–Kier alpha value is -0.520. The lowest BCUT2D eigenvalue weighted by atomic mass is 9.75. The van der Waals surface area contributed by atoms with Crippen LogP contribution in [0.25, 0.3) is 0 Å². The predicted octanol–water partition coefficient (Wildman–Crippen LogP) is 4.93. The maximum Gasteiger partial charge on any atom is 0.0196 e. The Labute approximate surface area is 114 Å². The SMILES string of the molecule is C=C=CCCCCC1CC(C)(CC)N1CCCC. The predicted molar refractivity (Wildman–Crippen MR) is 80.9 cm³/mol. The second-order valence-electron chi connectivity index (χ2n) is 5.95. The third-order valence-electron chi connectivity index (χ3n) is 4.60. The van der Waals surface area contributed by atoms with Crippen LogP contribution in [0.2, 0.25) is 0 Å². The van der Waals surface area contributed by atoms with Gasteiger partial charge in [0.05, 0.1) is 0 Å². The highest BCUT2D eigenvalue weighted by atomic mass is 15.3. The fourth-order valence-corrected chi connectivity index (χ4v) is 3.18. The number of nitrogens with zero attached hydrogens (tertiary/aromatic N) is 1. The molecule has 1 saturated heterocycles. The Balaban J connectivity index is 2.30. The largest absolute Gasteiger partial charge is 0.295 e. The molecule has 0 N–H and O–H groups in total. The molecule has 0 aromatic heterocycles. The summed E-state index contributed by atoms with van der Waals surface area (Å²) in [6.07, 6.45) is 12.6. The van der Waals surface area contributed by atoms with Crippen molar-refractivity contribution in [1.29, 1.82) is 0 Å². The Bertz CT molecular complexity index is 277. The molecule has 0 amide bonds. The molecule has 1 rings (SSSR count). The number of hydrogen-bond acceptors (Lipinski definition) is 1. The van der Waals surface area contributed by atoms with E-state index >= 15 is 0 Å². The van der Waals surface area contributed by atoms with E-state index < -0.39 is 0 Å². The minimum Gasteiger partial charge on any atom is -0.295 e. The second kappa shape index (κ2) is 7.81. The maximum absolute atomic E-state index is 3.61. The number of allylic oxidation sites excluding steroid dienone is 1. The van der Waals surface area contributed by atoms with Gasteiger partial charge in [-0.2, -0.15) is 0 Å². The lowest BCUT2D eigenvalue weighted by Gasteiger charge is -2.57. The molecule has 0 bridgehead atoms. The molecule has 1 nitrogen and oxygen atoms in total. The molecule has 2 atom stereocenters. The summed E-state index contributed by atoms with van der Waals surface area (Å²) in [6.45, 7) is 12.0. The second-order valence-corrected chi connectivity index (χ2v) is 5.95. The molecular weight excluding hydrogens is 218 g/mol. The average Bonchev–Trinajstić information content (AvgIpc) is 2.37. The first-order valence-electron chi connectivity index (χ1n) is 7.79. The summed E-state index contributed by atoms with van der Waals surface area (Å²) in [7, 11) is 0. The van der Waals surface area contributed by atoms with Crippen LogP contribution in [-0.2, 0) is 0 Å². The molecule has 0 aromatic rings. The quantitative estimate of drug-likeness (QED) is 0.413. The van der Waals surface area contributed by atoms with Crippen LogP contribution in [0.3, 0.4) is 0 Å². The summed E-state index contributed by atoms with van der Waals surface area (Å²) >= 11 is 0. The Kier molecular flexibility index (Phi) is 6.75. The zero-order valence-electron chi connectivity index (χ0n) is 12.7. The fourth-order valence-electron chi connectivity index (χ4n) is 3.18. The molecule has 104 valence electrons. The molecule has 1 aliphatic rings. The average molecular weight is 249 g/mol. The summed E-state index contributed by atoms with van der Waals surface area (Å²) in [5.74, 6) is 0. The molecule has 1 heterocycles. The molecule has 1 aliphatic heterocycles. The van der Waals surface area contributed by atoms with Gasteiger partial charge in [0.25, 0.3) is 0 Å². The normalized spacial score (nSPS) is 27.6. The highest BCUT2D eigenvalue weighted by Crippen LogP contribution is 2.41. The van der Waals surface area contributed by atoms with Crippen molar-refractivity contribution in [3.05, 3.63) is 18.4 Å². The van der Waals surface area contributed by atoms with E-state index in [0.29, 0.717) is 5.54 Å². The van der Waals surface area contributed by atoms with Gasteiger partial charge in [-0.3, -0.25) is 4.90 Å². The zero-order valence-corrected chi connectivity index (χ0v) is 12.7. The van der Waals surface area contributed by atoms with Gasteiger partial charge < -0.3 is 0 Å². The van der Waals surface area contributed by atoms with Gasteiger partial charge in [-0.25, -0.2) is 0 Å². The molecule has 1 heteroatoms. The van der Waals surface area contributed by atoms with Gasteiger partial charge in [-0.15, -0.1) is 5.73 Å². The smallest absolute Gasteiger partial charge is 0.0196 e. The molecular formula is C17H31N. The standard InChI is InChI=1S/C17H31N/c1-5-8-10-11-12-13-16-15-17(4,7-3)18(16)14-9-6-2/h8,16H,1,6-7,9-15H2,2-4H3. The van der Waals surface area contributed by atoms with Gasteiger partial charge in [-0.1, -0.05) is 33.3 Å². The number of unbranched alkanes of at least 4 members (excludes halogenated alkanes) is 3. The molecule has 1 fully saturated rings. The van der Waals surface area contributed by atoms with E-state index in [-0.39, 0.29) is 0 Å². The van der Waals surface area contributed by atoms with Crippen LogP contribution < -0.4 is 0 Å². The van der Waals surface area contributed by atoms with Crippen LogP contribution in [0, 0.1) is 0 Å².